The maximum Gasteiger partial charge on any atom is 0.115 e. The topological polar surface area (TPSA) is 23.5 Å². The zero-order chi connectivity index (χ0) is 10.3. The summed E-state index contributed by atoms with van der Waals surface area (Å²) < 4.78 is 0. The largest absolute Gasteiger partial charge is 0.508 e. The van der Waals surface area contributed by atoms with Crippen LogP contribution >= 0.6 is 0 Å². The van der Waals surface area contributed by atoms with Gasteiger partial charge in [-0.15, -0.1) is 0 Å². The van der Waals surface area contributed by atoms with Crippen molar-refractivity contribution in [2.75, 3.05) is 13.1 Å². The van der Waals surface area contributed by atoms with Gasteiger partial charge in [0, 0.05) is 12.1 Å². The van der Waals surface area contributed by atoms with E-state index in [2.05, 4.69) is 11.0 Å². The Bertz CT molecular complexity index is 377. The second kappa shape index (κ2) is 3.24. The van der Waals surface area contributed by atoms with Crippen molar-refractivity contribution in [3.63, 3.8) is 0 Å². The van der Waals surface area contributed by atoms with Crippen molar-refractivity contribution in [2.24, 2.45) is 0 Å². The van der Waals surface area contributed by atoms with Crippen LogP contribution in [0.1, 0.15) is 31.2 Å². The van der Waals surface area contributed by atoms with Crippen LogP contribution in [0.15, 0.2) is 24.3 Å². The standard InChI is InChI=1S/C13H17NO/c15-12-5-3-4-11(10-12)13-6-1-2-8-14(13)9-7-13/h3-5,10,15H,1-2,6-9H2. The van der Waals surface area contributed by atoms with E-state index in [-0.39, 0.29) is 5.54 Å². The molecule has 1 atom stereocenters. The number of piperidine rings is 1. The molecule has 0 bridgehead atoms. The number of nitrogens with zero attached hydrogens (tertiary/aromatic N) is 1. The van der Waals surface area contributed by atoms with Crippen LogP contribution < -0.4 is 0 Å². The number of aromatic hydroxyl groups is 1. The molecule has 2 aliphatic rings. The van der Waals surface area contributed by atoms with E-state index in [1.165, 1.54) is 44.3 Å². The number of hydrogen-bond donors (Lipinski definition) is 1. The van der Waals surface area contributed by atoms with Crippen molar-refractivity contribution in [1.82, 2.24) is 4.90 Å². The minimum Gasteiger partial charge on any atom is -0.508 e. The molecule has 80 valence electrons. The maximum absolute atomic E-state index is 9.55. The van der Waals surface area contributed by atoms with E-state index in [9.17, 15) is 5.11 Å². The number of hydrogen-bond acceptors (Lipinski definition) is 2. The van der Waals surface area contributed by atoms with Crippen molar-refractivity contribution in [3.05, 3.63) is 29.8 Å². The van der Waals surface area contributed by atoms with Crippen molar-refractivity contribution in [1.29, 1.82) is 0 Å². The zero-order valence-corrected chi connectivity index (χ0v) is 8.95. The summed E-state index contributed by atoms with van der Waals surface area (Å²) in [5, 5.41) is 9.55. The molecule has 0 radical (unpaired) electrons. The van der Waals surface area contributed by atoms with Gasteiger partial charge in [0.05, 0.1) is 0 Å². The molecule has 2 heterocycles. The van der Waals surface area contributed by atoms with Gasteiger partial charge in [-0.2, -0.15) is 0 Å². The number of fused-ring (bicyclic) bond motifs is 1. The summed E-state index contributed by atoms with van der Waals surface area (Å²) in [7, 11) is 0. The fourth-order valence-corrected chi connectivity index (χ4v) is 3.14. The van der Waals surface area contributed by atoms with Crippen LogP contribution in [0, 0.1) is 0 Å². The molecular formula is C13H17NO. The van der Waals surface area contributed by atoms with Crippen LogP contribution in [0.4, 0.5) is 0 Å². The Morgan fingerprint density at radius 3 is 2.73 bits per heavy atom. The second-order valence-corrected chi connectivity index (χ2v) is 4.78. The third-order valence-electron chi connectivity index (χ3n) is 4.05. The summed E-state index contributed by atoms with van der Waals surface area (Å²) >= 11 is 0. The Kier molecular flexibility index (Phi) is 1.99. The molecule has 0 aliphatic carbocycles. The Balaban J connectivity index is 1.98. The molecule has 1 aromatic rings. The predicted octanol–water partition coefficient (Wildman–Crippen LogP) is 2.48. The molecule has 2 aliphatic heterocycles. The number of benzene rings is 1. The van der Waals surface area contributed by atoms with Crippen LogP contribution in [0.2, 0.25) is 0 Å². The van der Waals surface area contributed by atoms with Gasteiger partial charge in [-0.05, 0) is 49.9 Å². The summed E-state index contributed by atoms with van der Waals surface area (Å²) in [4.78, 5) is 2.57. The smallest absolute Gasteiger partial charge is 0.115 e. The molecule has 0 amide bonds. The first-order valence-corrected chi connectivity index (χ1v) is 5.86. The van der Waals surface area contributed by atoms with Crippen LogP contribution in [-0.2, 0) is 5.54 Å². The van der Waals surface area contributed by atoms with Gasteiger partial charge in [-0.1, -0.05) is 12.1 Å². The monoisotopic (exact) mass is 203 g/mol. The Labute approximate surface area is 90.5 Å². The van der Waals surface area contributed by atoms with E-state index in [4.69, 9.17) is 0 Å². The first-order valence-electron chi connectivity index (χ1n) is 5.86. The van der Waals surface area contributed by atoms with E-state index < -0.39 is 0 Å². The molecule has 0 saturated carbocycles. The summed E-state index contributed by atoms with van der Waals surface area (Å²) in [6.45, 7) is 2.46. The van der Waals surface area contributed by atoms with Crippen molar-refractivity contribution in [3.8, 4) is 5.75 Å². The van der Waals surface area contributed by atoms with Crippen LogP contribution in [0.3, 0.4) is 0 Å². The second-order valence-electron chi connectivity index (χ2n) is 4.78. The lowest BCUT2D eigenvalue weighted by atomic mass is 9.72. The van der Waals surface area contributed by atoms with E-state index in [1.807, 2.05) is 12.1 Å². The molecule has 0 aromatic heterocycles. The Hall–Kier alpha value is -1.02. The highest BCUT2D eigenvalue weighted by molar-refractivity contribution is 5.34. The molecule has 0 spiro atoms. The third-order valence-corrected chi connectivity index (χ3v) is 4.05. The Morgan fingerprint density at radius 2 is 2.07 bits per heavy atom. The molecule has 2 heteroatoms. The molecule has 3 rings (SSSR count). The lowest BCUT2D eigenvalue weighted by Gasteiger charge is -2.56. The van der Waals surface area contributed by atoms with Gasteiger partial charge < -0.3 is 5.11 Å². The highest BCUT2D eigenvalue weighted by Crippen LogP contribution is 2.47. The first kappa shape index (κ1) is 9.22. The highest BCUT2D eigenvalue weighted by Gasteiger charge is 2.46. The van der Waals surface area contributed by atoms with Gasteiger partial charge in [-0.25, -0.2) is 0 Å². The van der Waals surface area contributed by atoms with Crippen LogP contribution in [0.25, 0.3) is 0 Å². The summed E-state index contributed by atoms with van der Waals surface area (Å²) in [5.41, 5.74) is 1.59. The van der Waals surface area contributed by atoms with E-state index in [1.54, 1.807) is 6.07 Å². The predicted molar refractivity (Wildman–Crippen MR) is 59.8 cm³/mol. The van der Waals surface area contributed by atoms with Gasteiger partial charge >= 0.3 is 0 Å². The third kappa shape index (κ3) is 1.28. The maximum atomic E-state index is 9.55. The molecule has 2 saturated heterocycles. The van der Waals surface area contributed by atoms with Gasteiger partial charge in [-0.3, -0.25) is 4.90 Å². The molecule has 15 heavy (non-hydrogen) atoms. The first-order chi connectivity index (χ1) is 7.31. The van der Waals surface area contributed by atoms with Crippen LogP contribution in [-0.4, -0.2) is 23.1 Å². The molecule has 1 N–H and O–H groups in total. The molecular weight excluding hydrogens is 186 g/mol. The van der Waals surface area contributed by atoms with Crippen LogP contribution in [0.5, 0.6) is 5.75 Å². The molecule has 2 fully saturated rings. The highest BCUT2D eigenvalue weighted by atomic mass is 16.3. The van der Waals surface area contributed by atoms with Gasteiger partial charge in [0.2, 0.25) is 0 Å². The Morgan fingerprint density at radius 1 is 1.13 bits per heavy atom. The summed E-state index contributed by atoms with van der Waals surface area (Å²) in [6, 6.07) is 7.82. The molecule has 1 aromatic carbocycles. The lowest BCUT2D eigenvalue weighted by Crippen LogP contribution is -2.59. The number of phenols is 1. The quantitative estimate of drug-likeness (QED) is 0.758. The van der Waals surface area contributed by atoms with Crippen molar-refractivity contribution >= 4 is 0 Å². The number of phenolic OH excluding ortho intramolecular Hbond substituents is 1. The van der Waals surface area contributed by atoms with Gasteiger partial charge in [0.25, 0.3) is 0 Å². The minimum absolute atomic E-state index is 0.275. The van der Waals surface area contributed by atoms with Crippen molar-refractivity contribution in [2.45, 2.75) is 31.2 Å². The normalized spacial score (nSPS) is 30.7. The number of rotatable bonds is 1. The summed E-state index contributed by atoms with van der Waals surface area (Å²) in [5.74, 6) is 0.402. The van der Waals surface area contributed by atoms with Gasteiger partial charge in [0.15, 0.2) is 0 Å². The van der Waals surface area contributed by atoms with Crippen molar-refractivity contribution < 1.29 is 5.11 Å². The average molecular weight is 203 g/mol. The van der Waals surface area contributed by atoms with E-state index in [0.29, 0.717) is 5.75 Å². The fourth-order valence-electron chi connectivity index (χ4n) is 3.14. The van der Waals surface area contributed by atoms with E-state index in [0.717, 1.165) is 0 Å². The average Bonchev–Trinajstić information content (AvgIpc) is 2.20. The van der Waals surface area contributed by atoms with Gasteiger partial charge in [0.1, 0.15) is 5.75 Å². The zero-order valence-electron chi connectivity index (χ0n) is 8.95. The lowest BCUT2D eigenvalue weighted by molar-refractivity contribution is -0.0506. The SMILES string of the molecule is Oc1cccc(C23CCCCN2CC3)c1. The minimum atomic E-state index is 0.275. The molecule has 1 unspecified atom stereocenters. The van der Waals surface area contributed by atoms with E-state index >= 15 is 0 Å². The summed E-state index contributed by atoms with van der Waals surface area (Å²) in [6.07, 6.45) is 5.18. The molecule has 2 nitrogen and oxygen atoms in total. The fraction of sp³-hybridized carbons (Fsp3) is 0.538.